The van der Waals surface area contributed by atoms with Gasteiger partial charge in [0.05, 0.1) is 23.3 Å². The fourth-order valence-electron chi connectivity index (χ4n) is 3.42. The molecule has 2 atom stereocenters. The first-order chi connectivity index (χ1) is 17.0. The zero-order valence-corrected chi connectivity index (χ0v) is 22.6. The fraction of sp³-hybridized carbons (Fsp3) is 0.533. The van der Waals surface area contributed by atoms with E-state index in [-0.39, 0.29) is 12.2 Å². The van der Waals surface area contributed by atoms with Crippen LogP contribution in [0.2, 0.25) is 0 Å². The van der Waals surface area contributed by atoms with Gasteiger partial charge in [0, 0.05) is 0 Å². The summed E-state index contributed by atoms with van der Waals surface area (Å²) in [7, 11) is 0. The van der Waals surface area contributed by atoms with Crippen molar-refractivity contribution in [3.63, 3.8) is 0 Å². The van der Waals surface area contributed by atoms with Gasteiger partial charge in [0.15, 0.2) is 0 Å². The van der Waals surface area contributed by atoms with Gasteiger partial charge >= 0.3 is 11.9 Å². The number of aromatic carboxylic acids is 2. The van der Waals surface area contributed by atoms with E-state index in [9.17, 15) is 14.7 Å². The molecule has 202 valence electrons. The average molecular weight is 503 g/mol. The lowest BCUT2D eigenvalue weighted by Crippen LogP contribution is -2.16. The maximum Gasteiger partial charge on any atom is 0.335 e. The van der Waals surface area contributed by atoms with Crippen LogP contribution in [0.4, 0.5) is 0 Å². The summed E-state index contributed by atoms with van der Waals surface area (Å²) in [6.45, 7) is 10.1. The van der Waals surface area contributed by atoms with Crippen molar-refractivity contribution in [2.24, 2.45) is 5.92 Å². The van der Waals surface area contributed by atoms with Crippen molar-refractivity contribution in [1.82, 2.24) is 0 Å². The second-order valence-corrected chi connectivity index (χ2v) is 9.58. The minimum atomic E-state index is -0.859. The Hall–Kier alpha value is -2.70. The number of hydrogen-bond donors (Lipinski definition) is 4. The van der Waals surface area contributed by atoms with Gasteiger partial charge in [-0.05, 0) is 86.8 Å². The van der Waals surface area contributed by atoms with Gasteiger partial charge in [0.2, 0.25) is 0 Å². The number of aryl methyl sites for hydroxylation is 2. The summed E-state index contributed by atoms with van der Waals surface area (Å²) in [6.07, 6.45) is 7.30. The number of carboxylic acids is 2. The minimum absolute atomic E-state index is 0.333. The molecule has 0 heterocycles. The largest absolute Gasteiger partial charge is 0.478 e. The SMILES string of the molecule is CC(C)C[C@@H](O)C[C@H](C)O.CCCCc1ccc(C(=O)O)cc1.CCCCc1ccc(C(=O)O)cc1. The van der Waals surface area contributed by atoms with Crippen LogP contribution in [0.15, 0.2) is 48.5 Å². The Morgan fingerprint density at radius 2 is 1.03 bits per heavy atom. The van der Waals surface area contributed by atoms with Crippen LogP contribution in [0.3, 0.4) is 0 Å². The predicted octanol–water partition coefficient (Wildman–Crippen LogP) is 6.62. The highest BCUT2D eigenvalue weighted by Crippen LogP contribution is 2.10. The predicted molar refractivity (Wildman–Crippen MR) is 146 cm³/mol. The van der Waals surface area contributed by atoms with Gasteiger partial charge < -0.3 is 20.4 Å². The molecule has 2 rings (SSSR count). The lowest BCUT2D eigenvalue weighted by atomic mass is 10.0. The molecule has 0 radical (unpaired) electrons. The van der Waals surface area contributed by atoms with Crippen molar-refractivity contribution in [2.45, 2.75) is 98.2 Å². The summed E-state index contributed by atoms with van der Waals surface area (Å²) in [6, 6.07) is 14.2. The molecular weight excluding hydrogens is 456 g/mol. The topological polar surface area (TPSA) is 115 Å². The van der Waals surface area contributed by atoms with Crippen molar-refractivity contribution >= 4 is 11.9 Å². The Morgan fingerprint density at radius 3 is 1.28 bits per heavy atom. The number of aliphatic hydroxyl groups excluding tert-OH is 2. The molecule has 0 unspecified atom stereocenters. The van der Waals surface area contributed by atoms with E-state index in [1.165, 1.54) is 24.0 Å². The summed E-state index contributed by atoms with van der Waals surface area (Å²) in [5.74, 6) is -1.21. The molecule has 2 aromatic carbocycles. The Balaban J connectivity index is 0.000000517. The van der Waals surface area contributed by atoms with Crippen LogP contribution < -0.4 is 0 Å². The first-order valence-electron chi connectivity index (χ1n) is 13.0. The molecule has 0 aromatic heterocycles. The summed E-state index contributed by atoms with van der Waals surface area (Å²) in [5, 5.41) is 35.4. The molecule has 2 aromatic rings. The molecule has 0 aliphatic heterocycles. The van der Waals surface area contributed by atoms with Gasteiger partial charge in [-0.25, -0.2) is 9.59 Å². The quantitative estimate of drug-likeness (QED) is 0.259. The lowest BCUT2D eigenvalue weighted by molar-refractivity contribution is 0.0686. The Morgan fingerprint density at radius 1 is 0.667 bits per heavy atom. The van der Waals surface area contributed by atoms with Gasteiger partial charge in [-0.3, -0.25) is 0 Å². The average Bonchev–Trinajstić information content (AvgIpc) is 2.81. The molecule has 4 N–H and O–H groups in total. The molecule has 36 heavy (non-hydrogen) atoms. The van der Waals surface area contributed by atoms with Crippen molar-refractivity contribution in [2.75, 3.05) is 0 Å². The third-order valence-electron chi connectivity index (χ3n) is 5.40. The van der Waals surface area contributed by atoms with E-state index >= 15 is 0 Å². The molecular formula is C30H46O6. The molecule has 0 spiro atoms. The number of benzene rings is 2. The minimum Gasteiger partial charge on any atom is -0.478 e. The van der Waals surface area contributed by atoms with E-state index in [1.807, 2.05) is 24.3 Å². The summed E-state index contributed by atoms with van der Waals surface area (Å²) in [5.41, 5.74) is 3.15. The van der Waals surface area contributed by atoms with Crippen molar-refractivity contribution < 1.29 is 30.0 Å². The summed E-state index contributed by atoms with van der Waals surface area (Å²) in [4.78, 5) is 21.1. The number of carbonyl (C=O) groups is 2. The molecule has 0 aliphatic rings. The summed E-state index contributed by atoms with van der Waals surface area (Å²) >= 11 is 0. The Kier molecular flexibility index (Phi) is 18.0. The highest BCUT2D eigenvalue weighted by molar-refractivity contribution is 5.87. The molecule has 0 bridgehead atoms. The number of carboxylic acid groups (broad SMARTS) is 2. The van der Waals surface area contributed by atoms with Crippen LogP contribution in [-0.2, 0) is 12.8 Å². The highest BCUT2D eigenvalue weighted by Gasteiger charge is 2.09. The van der Waals surface area contributed by atoms with Crippen LogP contribution in [0, 0.1) is 5.92 Å². The van der Waals surface area contributed by atoms with E-state index in [0.29, 0.717) is 23.5 Å². The molecule has 0 fully saturated rings. The van der Waals surface area contributed by atoms with E-state index in [0.717, 1.165) is 32.1 Å². The van der Waals surface area contributed by atoms with Gasteiger partial charge in [-0.1, -0.05) is 64.8 Å². The second kappa shape index (κ2) is 19.5. The Labute approximate surface area is 217 Å². The third kappa shape index (κ3) is 16.8. The maximum atomic E-state index is 10.5. The van der Waals surface area contributed by atoms with Crippen LogP contribution in [0.5, 0.6) is 0 Å². The number of hydrogen-bond acceptors (Lipinski definition) is 4. The first kappa shape index (κ1) is 33.3. The molecule has 0 amide bonds. The van der Waals surface area contributed by atoms with E-state index in [1.54, 1.807) is 31.2 Å². The zero-order chi connectivity index (χ0) is 27.5. The second-order valence-electron chi connectivity index (χ2n) is 9.58. The molecule has 0 saturated heterocycles. The molecule has 0 aliphatic carbocycles. The summed E-state index contributed by atoms with van der Waals surface area (Å²) < 4.78 is 0. The van der Waals surface area contributed by atoms with Crippen LogP contribution in [-0.4, -0.2) is 44.6 Å². The van der Waals surface area contributed by atoms with Gasteiger partial charge in [0.1, 0.15) is 0 Å². The number of aliphatic hydroxyl groups is 2. The van der Waals surface area contributed by atoms with Crippen molar-refractivity contribution in [3.8, 4) is 0 Å². The monoisotopic (exact) mass is 502 g/mol. The smallest absolute Gasteiger partial charge is 0.335 e. The van der Waals surface area contributed by atoms with E-state index in [2.05, 4.69) is 27.7 Å². The third-order valence-corrected chi connectivity index (χ3v) is 5.40. The van der Waals surface area contributed by atoms with E-state index in [4.69, 9.17) is 15.3 Å². The van der Waals surface area contributed by atoms with Gasteiger partial charge in [0.25, 0.3) is 0 Å². The zero-order valence-electron chi connectivity index (χ0n) is 22.6. The van der Waals surface area contributed by atoms with Crippen LogP contribution >= 0.6 is 0 Å². The van der Waals surface area contributed by atoms with Crippen molar-refractivity contribution in [3.05, 3.63) is 70.8 Å². The number of unbranched alkanes of at least 4 members (excludes halogenated alkanes) is 2. The number of rotatable bonds is 12. The standard InChI is InChI=1S/2C11H14O2.C8H18O2/c2*1-2-3-4-9-5-7-10(8-6-9)11(12)13;1-6(2)4-8(10)5-7(3)9/h2*5-8H,2-4H2,1H3,(H,12,13);6-10H,4-5H2,1-3H3/t;;7-,8+/m..0/s1. The molecule has 0 saturated carbocycles. The highest BCUT2D eigenvalue weighted by atomic mass is 16.4. The lowest BCUT2D eigenvalue weighted by Gasteiger charge is -2.13. The van der Waals surface area contributed by atoms with Crippen molar-refractivity contribution in [1.29, 1.82) is 0 Å². The maximum absolute atomic E-state index is 10.5. The van der Waals surface area contributed by atoms with Gasteiger partial charge in [-0.15, -0.1) is 0 Å². The van der Waals surface area contributed by atoms with Gasteiger partial charge in [-0.2, -0.15) is 0 Å². The van der Waals surface area contributed by atoms with E-state index < -0.39 is 11.9 Å². The van der Waals surface area contributed by atoms with Crippen LogP contribution in [0.1, 0.15) is 105 Å². The van der Waals surface area contributed by atoms with Crippen LogP contribution in [0.25, 0.3) is 0 Å². The molecule has 6 heteroatoms. The normalized spacial score (nSPS) is 12.0. The first-order valence-corrected chi connectivity index (χ1v) is 13.0. The Bertz CT molecular complexity index is 769. The fourth-order valence-corrected chi connectivity index (χ4v) is 3.42. The molecule has 6 nitrogen and oxygen atoms in total.